The predicted octanol–water partition coefficient (Wildman–Crippen LogP) is 2.84. The van der Waals surface area contributed by atoms with Crippen LogP contribution >= 0.6 is 0 Å². The number of nitrogen functional groups attached to an aromatic ring is 1. The number of hydrogen-bond acceptors (Lipinski definition) is 3. The van der Waals surface area contributed by atoms with Gasteiger partial charge in [0, 0.05) is 30.9 Å². The van der Waals surface area contributed by atoms with Gasteiger partial charge in [0.05, 0.1) is 11.6 Å². The maximum Gasteiger partial charge on any atom is 0.129 e. The minimum absolute atomic E-state index is 0.313. The Labute approximate surface area is 123 Å². The van der Waals surface area contributed by atoms with Crippen molar-refractivity contribution >= 4 is 5.69 Å². The standard InChI is InChI=1S/C17H16FN3/c18-16-8-12(9-19)4-5-14(16)11-21-7-6-15-13(10-21)2-1-3-17(15)20/h1-5,8H,6-7,10-11,20H2. The summed E-state index contributed by atoms with van der Waals surface area (Å²) in [5, 5.41) is 8.77. The highest BCUT2D eigenvalue weighted by Gasteiger charge is 2.18. The van der Waals surface area contributed by atoms with Crippen LogP contribution in [0.15, 0.2) is 36.4 Å². The van der Waals surface area contributed by atoms with E-state index in [0.29, 0.717) is 17.7 Å². The molecule has 0 atom stereocenters. The molecule has 0 saturated heterocycles. The average Bonchev–Trinajstić information content (AvgIpc) is 2.49. The van der Waals surface area contributed by atoms with Crippen LogP contribution in [0, 0.1) is 17.1 Å². The Hall–Kier alpha value is -2.38. The molecular formula is C17H16FN3. The largest absolute Gasteiger partial charge is 0.398 e. The van der Waals surface area contributed by atoms with Gasteiger partial charge < -0.3 is 5.73 Å². The molecule has 0 unspecified atom stereocenters. The second-order valence-electron chi connectivity index (χ2n) is 5.36. The SMILES string of the molecule is N#Cc1ccc(CN2CCc3c(N)cccc3C2)c(F)c1. The summed E-state index contributed by atoms with van der Waals surface area (Å²) in [5.74, 6) is -0.313. The molecule has 2 aromatic carbocycles. The molecule has 3 rings (SSSR count). The minimum atomic E-state index is -0.313. The maximum atomic E-state index is 14.0. The summed E-state index contributed by atoms with van der Waals surface area (Å²) in [5.41, 5.74) is 10.2. The van der Waals surface area contributed by atoms with Crippen LogP contribution in [0.1, 0.15) is 22.3 Å². The van der Waals surface area contributed by atoms with Crippen molar-refractivity contribution in [3.8, 4) is 6.07 Å². The normalized spacial score (nSPS) is 14.5. The van der Waals surface area contributed by atoms with E-state index in [1.54, 1.807) is 12.1 Å². The van der Waals surface area contributed by atoms with Crippen LogP contribution in [0.4, 0.5) is 10.1 Å². The number of halogens is 1. The summed E-state index contributed by atoms with van der Waals surface area (Å²) in [7, 11) is 0. The van der Waals surface area contributed by atoms with E-state index in [1.807, 2.05) is 18.2 Å². The van der Waals surface area contributed by atoms with Crippen molar-refractivity contribution in [2.24, 2.45) is 0 Å². The van der Waals surface area contributed by atoms with E-state index in [1.165, 1.54) is 17.2 Å². The van der Waals surface area contributed by atoms with Gasteiger partial charge in [0.1, 0.15) is 5.82 Å². The smallest absolute Gasteiger partial charge is 0.129 e. The van der Waals surface area contributed by atoms with Crippen LogP contribution in [0.2, 0.25) is 0 Å². The molecule has 2 aromatic rings. The quantitative estimate of drug-likeness (QED) is 0.861. The topological polar surface area (TPSA) is 53.0 Å². The molecule has 21 heavy (non-hydrogen) atoms. The first kappa shape index (κ1) is 13.6. The summed E-state index contributed by atoms with van der Waals surface area (Å²) < 4.78 is 14.0. The van der Waals surface area contributed by atoms with E-state index < -0.39 is 0 Å². The predicted molar refractivity (Wildman–Crippen MR) is 79.8 cm³/mol. The number of hydrogen-bond donors (Lipinski definition) is 1. The molecule has 0 aliphatic carbocycles. The van der Waals surface area contributed by atoms with Gasteiger partial charge in [0.2, 0.25) is 0 Å². The molecule has 0 fully saturated rings. The van der Waals surface area contributed by atoms with Crippen LogP contribution in [0.3, 0.4) is 0 Å². The van der Waals surface area contributed by atoms with Gasteiger partial charge in [-0.15, -0.1) is 0 Å². The van der Waals surface area contributed by atoms with Crippen LogP contribution in [-0.2, 0) is 19.5 Å². The van der Waals surface area contributed by atoms with E-state index >= 15 is 0 Å². The Kier molecular flexibility index (Phi) is 3.59. The number of nitriles is 1. The van der Waals surface area contributed by atoms with Gasteiger partial charge in [0.15, 0.2) is 0 Å². The third-order valence-corrected chi connectivity index (χ3v) is 3.96. The van der Waals surface area contributed by atoms with Gasteiger partial charge >= 0.3 is 0 Å². The summed E-state index contributed by atoms with van der Waals surface area (Å²) >= 11 is 0. The first-order chi connectivity index (χ1) is 10.2. The molecule has 1 aliphatic rings. The lowest BCUT2D eigenvalue weighted by Gasteiger charge is -2.29. The molecule has 0 bridgehead atoms. The molecule has 4 heteroatoms. The Bertz CT molecular complexity index is 718. The number of anilines is 1. The molecule has 0 amide bonds. The number of fused-ring (bicyclic) bond motifs is 1. The van der Waals surface area contributed by atoms with Crippen LogP contribution in [-0.4, -0.2) is 11.4 Å². The fourth-order valence-electron chi connectivity index (χ4n) is 2.82. The van der Waals surface area contributed by atoms with Crippen molar-refractivity contribution in [3.63, 3.8) is 0 Å². The molecule has 0 spiro atoms. The van der Waals surface area contributed by atoms with E-state index in [2.05, 4.69) is 11.0 Å². The van der Waals surface area contributed by atoms with Crippen molar-refractivity contribution in [3.05, 3.63) is 64.5 Å². The lowest BCUT2D eigenvalue weighted by molar-refractivity contribution is 0.242. The van der Waals surface area contributed by atoms with Crippen LogP contribution < -0.4 is 5.73 Å². The molecule has 1 aliphatic heterocycles. The van der Waals surface area contributed by atoms with Gasteiger partial charge in [-0.1, -0.05) is 18.2 Å². The average molecular weight is 281 g/mol. The number of nitrogens with zero attached hydrogens (tertiary/aromatic N) is 2. The van der Waals surface area contributed by atoms with Crippen molar-refractivity contribution in [2.75, 3.05) is 12.3 Å². The molecule has 3 nitrogen and oxygen atoms in total. The molecule has 0 saturated carbocycles. The van der Waals surface area contributed by atoms with Crippen molar-refractivity contribution < 1.29 is 4.39 Å². The Morgan fingerprint density at radius 1 is 1.29 bits per heavy atom. The molecule has 0 aromatic heterocycles. The fraction of sp³-hybridized carbons (Fsp3) is 0.235. The molecular weight excluding hydrogens is 265 g/mol. The van der Waals surface area contributed by atoms with Gasteiger partial charge in [-0.25, -0.2) is 4.39 Å². The first-order valence-corrected chi connectivity index (χ1v) is 6.94. The number of nitrogens with two attached hydrogens (primary N) is 1. The third-order valence-electron chi connectivity index (χ3n) is 3.96. The van der Waals surface area contributed by atoms with Crippen molar-refractivity contribution in [2.45, 2.75) is 19.5 Å². The van der Waals surface area contributed by atoms with Crippen LogP contribution in [0.5, 0.6) is 0 Å². The maximum absolute atomic E-state index is 14.0. The lowest BCUT2D eigenvalue weighted by atomic mass is 9.97. The van der Waals surface area contributed by atoms with Gasteiger partial charge in [-0.3, -0.25) is 4.90 Å². The highest BCUT2D eigenvalue weighted by atomic mass is 19.1. The second-order valence-corrected chi connectivity index (χ2v) is 5.36. The molecule has 0 radical (unpaired) electrons. The lowest BCUT2D eigenvalue weighted by Crippen LogP contribution is -2.30. The van der Waals surface area contributed by atoms with Gasteiger partial charge in [0.25, 0.3) is 0 Å². The molecule has 106 valence electrons. The zero-order valence-electron chi connectivity index (χ0n) is 11.6. The Morgan fingerprint density at radius 2 is 2.14 bits per heavy atom. The third kappa shape index (κ3) is 2.74. The van der Waals surface area contributed by atoms with E-state index in [9.17, 15) is 4.39 Å². The second kappa shape index (κ2) is 5.55. The van der Waals surface area contributed by atoms with Crippen molar-refractivity contribution in [1.82, 2.24) is 4.90 Å². The van der Waals surface area contributed by atoms with Crippen LogP contribution in [0.25, 0.3) is 0 Å². The summed E-state index contributed by atoms with van der Waals surface area (Å²) in [4.78, 5) is 2.20. The zero-order valence-corrected chi connectivity index (χ0v) is 11.6. The number of benzene rings is 2. The summed E-state index contributed by atoms with van der Waals surface area (Å²) in [6, 6.07) is 12.6. The molecule has 2 N–H and O–H groups in total. The summed E-state index contributed by atoms with van der Waals surface area (Å²) in [6.45, 7) is 2.19. The minimum Gasteiger partial charge on any atom is -0.398 e. The highest BCUT2D eigenvalue weighted by Crippen LogP contribution is 2.25. The highest BCUT2D eigenvalue weighted by molar-refractivity contribution is 5.51. The fourth-order valence-corrected chi connectivity index (χ4v) is 2.82. The van der Waals surface area contributed by atoms with E-state index in [0.717, 1.165) is 25.2 Å². The zero-order chi connectivity index (χ0) is 14.8. The Balaban J connectivity index is 1.77. The first-order valence-electron chi connectivity index (χ1n) is 6.94. The number of rotatable bonds is 2. The monoisotopic (exact) mass is 281 g/mol. The van der Waals surface area contributed by atoms with Gasteiger partial charge in [-0.2, -0.15) is 5.26 Å². The summed E-state index contributed by atoms with van der Waals surface area (Å²) in [6.07, 6.45) is 0.889. The van der Waals surface area contributed by atoms with E-state index in [4.69, 9.17) is 11.0 Å². The van der Waals surface area contributed by atoms with Crippen molar-refractivity contribution in [1.29, 1.82) is 5.26 Å². The van der Waals surface area contributed by atoms with Gasteiger partial charge in [-0.05, 0) is 35.7 Å². The van der Waals surface area contributed by atoms with E-state index in [-0.39, 0.29) is 5.82 Å². The Morgan fingerprint density at radius 3 is 2.90 bits per heavy atom. The molecule has 1 heterocycles.